The third kappa shape index (κ3) is 4.79. The lowest BCUT2D eigenvalue weighted by atomic mass is 10.1. The van der Waals surface area contributed by atoms with Crippen LogP contribution in [0, 0.1) is 0 Å². The molecular formula is C26H32N2O5S. The zero-order valence-electron chi connectivity index (χ0n) is 19.4. The summed E-state index contributed by atoms with van der Waals surface area (Å²) >= 11 is 0. The molecule has 2 heterocycles. The number of hydrogen-bond acceptors (Lipinski definition) is 5. The summed E-state index contributed by atoms with van der Waals surface area (Å²) < 4.78 is 38.7. The molecule has 7 nitrogen and oxygen atoms in total. The predicted octanol–water partition coefficient (Wildman–Crippen LogP) is 4.57. The van der Waals surface area contributed by atoms with Gasteiger partial charge in [-0.2, -0.15) is 4.31 Å². The number of hydrogen-bond donors (Lipinski definition) is 0. The topological polar surface area (TPSA) is 76.2 Å². The molecule has 0 N–H and O–H groups in total. The first-order chi connectivity index (χ1) is 16.5. The van der Waals surface area contributed by atoms with Crippen molar-refractivity contribution in [1.29, 1.82) is 0 Å². The number of carbonyl (C=O) groups excluding carboxylic acids is 1. The summed E-state index contributed by atoms with van der Waals surface area (Å²) in [6.07, 6.45) is 8.12. The molecule has 0 aromatic heterocycles. The number of ether oxygens (including phenoxy) is 2. The second kappa shape index (κ2) is 9.96. The largest absolute Gasteiger partial charge is 0.454 e. The van der Waals surface area contributed by atoms with Crippen LogP contribution in [0.3, 0.4) is 0 Å². The van der Waals surface area contributed by atoms with E-state index in [1.807, 2.05) is 23.1 Å². The van der Waals surface area contributed by atoms with Crippen LogP contribution in [0.2, 0.25) is 0 Å². The van der Waals surface area contributed by atoms with E-state index >= 15 is 0 Å². The van der Waals surface area contributed by atoms with Gasteiger partial charge >= 0.3 is 0 Å². The molecular weight excluding hydrogens is 452 g/mol. The number of carbonyl (C=O) groups is 1. The Labute approximate surface area is 201 Å². The Kier molecular flexibility index (Phi) is 6.79. The van der Waals surface area contributed by atoms with Crippen molar-refractivity contribution in [1.82, 2.24) is 9.21 Å². The van der Waals surface area contributed by atoms with Crippen LogP contribution in [-0.2, 0) is 16.6 Å². The number of amides is 1. The molecule has 1 aliphatic carbocycles. The van der Waals surface area contributed by atoms with Gasteiger partial charge in [-0.25, -0.2) is 8.42 Å². The molecule has 1 saturated carbocycles. The van der Waals surface area contributed by atoms with Crippen molar-refractivity contribution in [2.45, 2.75) is 68.8 Å². The number of sulfonamides is 1. The lowest BCUT2D eigenvalue weighted by molar-refractivity contribution is 0.0664. The lowest BCUT2D eigenvalue weighted by Gasteiger charge is -2.29. The van der Waals surface area contributed by atoms with Gasteiger partial charge in [-0.15, -0.1) is 0 Å². The highest BCUT2D eigenvalue weighted by atomic mass is 32.2. The molecule has 0 bridgehead atoms. The Morgan fingerprint density at radius 3 is 2.26 bits per heavy atom. The zero-order chi connectivity index (χ0) is 23.5. The van der Waals surface area contributed by atoms with Crippen LogP contribution >= 0.6 is 0 Å². The van der Waals surface area contributed by atoms with E-state index in [1.54, 1.807) is 28.6 Å². The molecule has 2 fully saturated rings. The average Bonchev–Trinajstić information content (AvgIpc) is 3.48. The van der Waals surface area contributed by atoms with Gasteiger partial charge in [0, 0.05) is 31.2 Å². The molecule has 0 radical (unpaired) electrons. The molecule has 1 amide bonds. The fourth-order valence-corrected chi connectivity index (χ4v) is 6.70. The molecule has 8 heteroatoms. The quantitative estimate of drug-likeness (QED) is 0.601. The number of rotatable bonds is 6. The number of fused-ring (bicyclic) bond motifs is 1. The van der Waals surface area contributed by atoms with Crippen LogP contribution in [0.15, 0.2) is 47.4 Å². The number of benzene rings is 2. The summed E-state index contributed by atoms with van der Waals surface area (Å²) in [5, 5.41) is 0. The van der Waals surface area contributed by atoms with E-state index in [4.69, 9.17) is 9.47 Å². The highest BCUT2D eigenvalue weighted by Crippen LogP contribution is 2.34. The summed E-state index contributed by atoms with van der Waals surface area (Å²) in [6, 6.07) is 12.5. The van der Waals surface area contributed by atoms with Gasteiger partial charge in [-0.1, -0.05) is 31.7 Å². The molecule has 3 aliphatic rings. The van der Waals surface area contributed by atoms with Gasteiger partial charge in [-0.3, -0.25) is 4.79 Å². The van der Waals surface area contributed by atoms with Gasteiger partial charge in [-0.05, 0) is 67.6 Å². The summed E-state index contributed by atoms with van der Waals surface area (Å²) in [7, 11) is -3.54. The minimum atomic E-state index is -3.54. The van der Waals surface area contributed by atoms with Crippen LogP contribution in [0.5, 0.6) is 11.5 Å². The van der Waals surface area contributed by atoms with Gasteiger partial charge in [0.1, 0.15) is 0 Å². The summed E-state index contributed by atoms with van der Waals surface area (Å²) in [5.74, 6) is 1.37. The van der Waals surface area contributed by atoms with E-state index in [2.05, 4.69) is 0 Å². The Balaban J connectivity index is 1.36. The van der Waals surface area contributed by atoms with Gasteiger partial charge in [0.2, 0.25) is 16.8 Å². The smallest absolute Gasteiger partial charge is 0.254 e. The maximum Gasteiger partial charge on any atom is 0.254 e. The number of nitrogens with zero attached hydrogens (tertiary/aromatic N) is 2. The molecule has 34 heavy (non-hydrogen) atoms. The molecule has 0 unspecified atom stereocenters. The molecule has 2 aromatic carbocycles. The third-order valence-corrected chi connectivity index (χ3v) is 9.03. The summed E-state index contributed by atoms with van der Waals surface area (Å²) in [5.41, 5.74) is 1.51. The Hall–Kier alpha value is -2.58. The van der Waals surface area contributed by atoms with Crippen molar-refractivity contribution in [3.8, 4) is 11.5 Å². The highest BCUT2D eigenvalue weighted by Gasteiger charge is 2.29. The van der Waals surface area contributed by atoms with Gasteiger partial charge in [0.05, 0.1) is 4.90 Å². The van der Waals surface area contributed by atoms with Crippen molar-refractivity contribution in [3.05, 3.63) is 53.6 Å². The van der Waals surface area contributed by atoms with Gasteiger partial charge in [0.15, 0.2) is 11.5 Å². The molecule has 5 rings (SSSR count). The van der Waals surface area contributed by atoms with Crippen LogP contribution in [0.4, 0.5) is 0 Å². The molecule has 0 atom stereocenters. The third-order valence-electron chi connectivity index (χ3n) is 7.12. The molecule has 182 valence electrons. The molecule has 2 aliphatic heterocycles. The predicted molar refractivity (Wildman–Crippen MR) is 128 cm³/mol. The summed E-state index contributed by atoms with van der Waals surface area (Å²) in [6.45, 7) is 1.83. The fraction of sp³-hybridized carbons (Fsp3) is 0.500. The first-order valence-corrected chi connectivity index (χ1v) is 13.8. The second-order valence-electron chi connectivity index (χ2n) is 9.40. The van der Waals surface area contributed by atoms with Crippen molar-refractivity contribution >= 4 is 15.9 Å². The molecule has 2 aromatic rings. The molecule has 0 spiro atoms. The summed E-state index contributed by atoms with van der Waals surface area (Å²) in [4.78, 5) is 15.8. The minimum absolute atomic E-state index is 0.0664. The van der Waals surface area contributed by atoms with Gasteiger partial charge < -0.3 is 14.4 Å². The van der Waals surface area contributed by atoms with E-state index in [0.29, 0.717) is 30.9 Å². The first-order valence-electron chi connectivity index (χ1n) is 12.3. The van der Waals surface area contributed by atoms with E-state index in [0.717, 1.165) is 62.7 Å². The second-order valence-corrected chi connectivity index (χ2v) is 11.3. The van der Waals surface area contributed by atoms with Crippen molar-refractivity contribution in [2.24, 2.45) is 0 Å². The highest BCUT2D eigenvalue weighted by molar-refractivity contribution is 7.89. The Morgan fingerprint density at radius 2 is 1.56 bits per heavy atom. The van der Waals surface area contributed by atoms with Crippen LogP contribution in [-0.4, -0.2) is 49.5 Å². The zero-order valence-corrected chi connectivity index (χ0v) is 20.3. The van der Waals surface area contributed by atoms with Gasteiger partial charge in [0.25, 0.3) is 5.91 Å². The normalized spacial score (nSPS) is 19.2. The SMILES string of the molecule is O=C(c1ccc(S(=O)(=O)N2CCCCCC2)cc1)N(Cc1ccc2c(c1)OCO2)C1CCCC1. The lowest BCUT2D eigenvalue weighted by Crippen LogP contribution is -2.38. The average molecular weight is 485 g/mol. The van der Waals surface area contributed by atoms with E-state index in [1.165, 1.54) is 0 Å². The molecule has 1 saturated heterocycles. The van der Waals surface area contributed by atoms with Crippen molar-refractivity contribution in [2.75, 3.05) is 19.9 Å². The standard InChI is InChI=1S/C26H32N2O5S/c29-26(21-10-12-23(13-11-21)34(30,31)27-15-5-1-2-6-16-27)28(22-7-3-4-8-22)18-20-9-14-24-25(17-20)33-19-32-24/h9-14,17,22H,1-8,15-16,18-19H2. The fourth-order valence-electron chi connectivity index (χ4n) is 5.19. The first kappa shape index (κ1) is 23.2. The van der Waals surface area contributed by atoms with Crippen LogP contribution < -0.4 is 9.47 Å². The Bertz CT molecular complexity index is 1120. The van der Waals surface area contributed by atoms with Crippen molar-refractivity contribution in [3.63, 3.8) is 0 Å². The van der Waals surface area contributed by atoms with E-state index in [9.17, 15) is 13.2 Å². The van der Waals surface area contributed by atoms with Crippen LogP contribution in [0.25, 0.3) is 0 Å². The maximum atomic E-state index is 13.6. The maximum absolute atomic E-state index is 13.6. The minimum Gasteiger partial charge on any atom is -0.454 e. The van der Waals surface area contributed by atoms with Crippen molar-refractivity contribution < 1.29 is 22.7 Å². The van der Waals surface area contributed by atoms with Crippen LogP contribution in [0.1, 0.15) is 67.3 Å². The monoisotopic (exact) mass is 484 g/mol. The van der Waals surface area contributed by atoms with E-state index in [-0.39, 0.29) is 23.6 Å². The van der Waals surface area contributed by atoms with E-state index < -0.39 is 10.0 Å². The Morgan fingerprint density at radius 1 is 0.882 bits per heavy atom.